The van der Waals surface area contributed by atoms with Crippen LogP contribution in [-0.2, 0) is 6.54 Å². The molecule has 0 unspecified atom stereocenters. The van der Waals surface area contributed by atoms with Crippen molar-refractivity contribution in [3.8, 4) is 0 Å². The van der Waals surface area contributed by atoms with Crippen LogP contribution < -0.4 is 5.32 Å². The molecular formula is C15H22FNS. The second kappa shape index (κ2) is 6.07. The Morgan fingerprint density at radius 2 is 2.06 bits per heavy atom. The first-order valence-electron chi connectivity index (χ1n) is 6.66. The van der Waals surface area contributed by atoms with Crippen LogP contribution in [0.2, 0.25) is 0 Å². The largest absolute Gasteiger partial charge is 0.311 e. The molecule has 0 bridgehead atoms. The molecular weight excluding hydrogens is 245 g/mol. The van der Waals surface area contributed by atoms with Crippen LogP contribution in [0.15, 0.2) is 18.2 Å². The minimum absolute atomic E-state index is 0.146. The van der Waals surface area contributed by atoms with Gasteiger partial charge in [0.15, 0.2) is 0 Å². The van der Waals surface area contributed by atoms with Gasteiger partial charge in [-0.25, -0.2) is 4.39 Å². The third kappa shape index (κ3) is 3.27. The van der Waals surface area contributed by atoms with Gasteiger partial charge in [-0.05, 0) is 49.3 Å². The molecule has 0 heterocycles. The average molecular weight is 267 g/mol. The lowest BCUT2D eigenvalue weighted by molar-refractivity contribution is 0.532. The molecule has 0 atom stereocenters. The summed E-state index contributed by atoms with van der Waals surface area (Å²) in [7, 11) is 0. The van der Waals surface area contributed by atoms with Crippen molar-refractivity contribution in [1.29, 1.82) is 0 Å². The molecule has 1 aliphatic rings. The third-order valence-corrected chi connectivity index (χ3v) is 5.43. The summed E-state index contributed by atoms with van der Waals surface area (Å²) in [6, 6.07) is 5.04. The molecule has 1 fully saturated rings. The highest BCUT2D eigenvalue weighted by atomic mass is 32.2. The Morgan fingerprint density at radius 3 is 2.67 bits per heavy atom. The SMILES string of the molecule is CSC1(CNCc2ccc(F)cc2C)CCCC1. The highest BCUT2D eigenvalue weighted by molar-refractivity contribution is 8.00. The highest BCUT2D eigenvalue weighted by Gasteiger charge is 2.32. The van der Waals surface area contributed by atoms with Gasteiger partial charge < -0.3 is 5.32 Å². The Morgan fingerprint density at radius 1 is 1.33 bits per heavy atom. The Kier molecular flexibility index (Phi) is 4.68. The molecule has 18 heavy (non-hydrogen) atoms. The van der Waals surface area contributed by atoms with Gasteiger partial charge in [0.05, 0.1) is 0 Å². The Bertz CT molecular complexity index is 399. The number of halogens is 1. The molecule has 1 saturated carbocycles. The summed E-state index contributed by atoms with van der Waals surface area (Å²) in [4.78, 5) is 0. The molecule has 0 saturated heterocycles. The fraction of sp³-hybridized carbons (Fsp3) is 0.600. The molecule has 1 N–H and O–H groups in total. The summed E-state index contributed by atoms with van der Waals surface area (Å²) in [6.45, 7) is 3.87. The minimum atomic E-state index is -0.146. The molecule has 2 rings (SSSR count). The van der Waals surface area contributed by atoms with Crippen LogP contribution in [-0.4, -0.2) is 17.5 Å². The zero-order valence-electron chi connectivity index (χ0n) is 11.3. The number of nitrogens with one attached hydrogen (secondary N) is 1. The van der Waals surface area contributed by atoms with Crippen LogP contribution in [0.4, 0.5) is 4.39 Å². The Balaban J connectivity index is 1.88. The van der Waals surface area contributed by atoms with E-state index in [0.29, 0.717) is 4.75 Å². The standard InChI is InChI=1S/C15H22FNS/c1-12-9-14(16)6-5-13(12)10-17-11-15(18-2)7-3-4-8-15/h5-6,9,17H,3-4,7-8,10-11H2,1-2H3. The van der Waals surface area contributed by atoms with Gasteiger partial charge in [-0.2, -0.15) is 11.8 Å². The van der Waals surface area contributed by atoms with E-state index in [1.807, 2.05) is 24.8 Å². The zero-order valence-corrected chi connectivity index (χ0v) is 12.1. The summed E-state index contributed by atoms with van der Waals surface area (Å²) in [5.41, 5.74) is 2.23. The van der Waals surface area contributed by atoms with Gasteiger partial charge in [0.25, 0.3) is 0 Å². The first-order chi connectivity index (χ1) is 8.65. The van der Waals surface area contributed by atoms with Crippen molar-refractivity contribution in [1.82, 2.24) is 5.32 Å². The second-order valence-electron chi connectivity index (χ2n) is 5.27. The summed E-state index contributed by atoms with van der Waals surface area (Å²) in [6.07, 6.45) is 7.58. The van der Waals surface area contributed by atoms with Crippen molar-refractivity contribution in [2.75, 3.05) is 12.8 Å². The van der Waals surface area contributed by atoms with E-state index >= 15 is 0 Å². The first kappa shape index (κ1) is 13.9. The van der Waals surface area contributed by atoms with Crippen molar-refractivity contribution in [2.24, 2.45) is 0 Å². The van der Waals surface area contributed by atoms with Crippen LogP contribution in [0.1, 0.15) is 36.8 Å². The summed E-state index contributed by atoms with van der Waals surface area (Å²) >= 11 is 2.00. The maximum absolute atomic E-state index is 13.0. The van der Waals surface area contributed by atoms with Crippen LogP contribution in [0.25, 0.3) is 0 Å². The van der Waals surface area contributed by atoms with Gasteiger partial charge in [-0.1, -0.05) is 18.9 Å². The van der Waals surface area contributed by atoms with E-state index in [9.17, 15) is 4.39 Å². The molecule has 3 heteroatoms. The fourth-order valence-corrected chi connectivity index (χ4v) is 3.70. The van der Waals surface area contributed by atoms with E-state index in [-0.39, 0.29) is 5.82 Å². The second-order valence-corrected chi connectivity index (χ2v) is 6.54. The number of hydrogen-bond donors (Lipinski definition) is 1. The van der Waals surface area contributed by atoms with Gasteiger partial charge in [-0.15, -0.1) is 0 Å². The van der Waals surface area contributed by atoms with Gasteiger partial charge in [-0.3, -0.25) is 0 Å². The third-order valence-electron chi connectivity index (χ3n) is 4.02. The topological polar surface area (TPSA) is 12.0 Å². The van der Waals surface area contributed by atoms with Crippen LogP contribution >= 0.6 is 11.8 Å². The maximum atomic E-state index is 13.0. The average Bonchev–Trinajstić information content (AvgIpc) is 2.81. The smallest absolute Gasteiger partial charge is 0.123 e. The minimum Gasteiger partial charge on any atom is -0.311 e. The molecule has 0 amide bonds. The number of thioether (sulfide) groups is 1. The summed E-state index contributed by atoms with van der Waals surface area (Å²) in [5, 5.41) is 3.55. The van der Waals surface area contributed by atoms with Crippen LogP contribution in [0.3, 0.4) is 0 Å². The maximum Gasteiger partial charge on any atom is 0.123 e. The number of benzene rings is 1. The van der Waals surface area contributed by atoms with E-state index in [1.165, 1.54) is 31.2 Å². The summed E-state index contributed by atoms with van der Waals surface area (Å²) in [5.74, 6) is -0.146. The summed E-state index contributed by atoms with van der Waals surface area (Å²) < 4.78 is 13.4. The first-order valence-corrected chi connectivity index (χ1v) is 7.89. The molecule has 0 radical (unpaired) electrons. The molecule has 1 aliphatic carbocycles. The van der Waals surface area contributed by atoms with Gasteiger partial charge in [0.2, 0.25) is 0 Å². The zero-order chi connectivity index (χ0) is 13.0. The van der Waals surface area contributed by atoms with Crippen LogP contribution in [0, 0.1) is 12.7 Å². The lowest BCUT2D eigenvalue weighted by Crippen LogP contribution is -2.34. The molecule has 1 nitrogen and oxygen atoms in total. The highest BCUT2D eigenvalue weighted by Crippen LogP contribution is 2.39. The molecule has 0 aromatic heterocycles. The molecule has 100 valence electrons. The van der Waals surface area contributed by atoms with E-state index < -0.39 is 0 Å². The monoisotopic (exact) mass is 267 g/mol. The van der Waals surface area contributed by atoms with Crippen molar-refractivity contribution in [2.45, 2.75) is 43.9 Å². The quantitative estimate of drug-likeness (QED) is 0.868. The van der Waals surface area contributed by atoms with Crippen LogP contribution in [0.5, 0.6) is 0 Å². The predicted molar refractivity (Wildman–Crippen MR) is 77.6 cm³/mol. The number of rotatable bonds is 5. The van der Waals surface area contributed by atoms with Gasteiger partial charge >= 0.3 is 0 Å². The lowest BCUT2D eigenvalue weighted by atomic mass is 10.1. The van der Waals surface area contributed by atoms with Gasteiger partial charge in [0.1, 0.15) is 5.82 Å². The lowest BCUT2D eigenvalue weighted by Gasteiger charge is -2.27. The molecule has 0 spiro atoms. The Hall–Kier alpha value is -0.540. The number of hydrogen-bond acceptors (Lipinski definition) is 2. The molecule has 0 aliphatic heterocycles. The normalized spacial score (nSPS) is 18.2. The fourth-order valence-electron chi connectivity index (χ4n) is 2.76. The van der Waals surface area contributed by atoms with Crippen molar-refractivity contribution in [3.63, 3.8) is 0 Å². The van der Waals surface area contributed by atoms with E-state index in [4.69, 9.17) is 0 Å². The van der Waals surface area contributed by atoms with Crippen molar-refractivity contribution < 1.29 is 4.39 Å². The van der Waals surface area contributed by atoms with Crippen molar-refractivity contribution in [3.05, 3.63) is 35.1 Å². The van der Waals surface area contributed by atoms with E-state index in [2.05, 4.69) is 11.6 Å². The van der Waals surface area contributed by atoms with Gasteiger partial charge in [0, 0.05) is 17.8 Å². The molecule has 1 aromatic carbocycles. The van der Waals surface area contributed by atoms with Crippen molar-refractivity contribution >= 4 is 11.8 Å². The predicted octanol–water partition coefficient (Wildman–Crippen LogP) is 3.90. The van der Waals surface area contributed by atoms with E-state index in [0.717, 1.165) is 18.7 Å². The number of aryl methyl sites for hydroxylation is 1. The Labute approximate surface area is 114 Å². The van der Waals surface area contributed by atoms with E-state index in [1.54, 1.807) is 12.1 Å². The molecule has 1 aromatic rings.